The van der Waals surface area contributed by atoms with Crippen LogP contribution in [0.15, 0.2) is 60.9 Å². The van der Waals surface area contributed by atoms with E-state index in [1.807, 2.05) is 32.0 Å². The summed E-state index contributed by atoms with van der Waals surface area (Å²) in [6.45, 7) is 4.72. The van der Waals surface area contributed by atoms with Crippen LogP contribution in [0.1, 0.15) is 41.8 Å². The Bertz CT molecular complexity index is 1100. The Balaban J connectivity index is 0.000000277. The number of pyridine rings is 1. The van der Waals surface area contributed by atoms with Crippen LogP contribution in [0.3, 0.4) is 0 Å². The Morgan fingerprint density at radius 3 is 2.42 bits per heavy atom. The molecule has 2 N–H and O–H groups in total. The zero-order valence-electron chi connectivity index (χ0n) is 20.9. The van der Waals surface area contributed by atoms with Gasteiger partial charge < -0.3 is 20.1 Å². The van der Waals surface area contributed by atoms with Gasteiger partial charge in [0, 0.05) is 30.7 Å². The zero-order valence-corrected chi connectivity index (χ0v) is 20.9. The lowest BCUT2D eigenvalue weighted by atomic mass is 10.1. The maximum Gasteiger partial charge on any atom is 0.393 e. The number of ether oxygens (including phenoxy) is 2. The minimum absolute atomic E-state index is 0.256. The van der Waals surface area contributed by atoms with E-state index in [1.165, 1.54) is 24.8 Å². The molecule has 0 aliphatic carbocycles. The first-order valence-corrected chi connectivity index (χ1v) is 11.7. The number of anilines is 3. The van der Waals surface area contributed by atoms with E-state index in [-0.39, 0.29) is 11.5 Å². The second kappa shape index (κ2) is 14.0. The highest BCUT2D eigenvalue weighted by Crippen LogP contribution is 2.30. The topological polar surface area (TPSA) is 72.5 Å². The van der Waals surface area contributed by atoms with E-state index < -0.39 is 12.6 Å². The molecule has 0 bridgehead atoms. The smallest absolute Gasteiger partial charge is 0.393 e. The predicted octanol–water partition coefficient (Wildman–Crippen LogP) is 6.80. The lowest BCUT2D eigenvalue weighted by Crippen LogP contribution is -2.11. The molecule has 0 spiro atoms. The first-order chi connectivity index (χ1) is 17.3. The summed E-state index contributed by atoms with van der Waals surface area (Å²) in [5.41, 5.74) is 4.23. The molecule has 36 heavy (non-hydrogen) atoms. The average molecular weight is 504 g/mol. The summed E-state index contributed by atoms with van der Waals surface area (Å²) in [6.07, 6.45) is 0.0896. The van der Waals surface area contributed by atoms with Crippen molar-refractivity contribution in [2.45, 2.75) is 39.3 Å². The van der Waals surface area contributed by atoms with E-state index in [0.717, 1.165) is 36.6 Å². The number of hydrogen-bond donors (Lipinski definition) is 2. The fourth-order valence-corrected chi connectivity index (χ4v) is 3.40. The minimum atomic E-state index is -4.18. The molecule has 0 atom stereocenters. The number of aryl methyl sites for hydroxylation is 1. The number of benzene rings is 2. The van der Waals surface area contributed by atoms with Gasteiger partial charge in [-0.25, -0.2) is 4.79 Å². The number of hydrogen-bond acceptors (Lipinski definition) is 6. The van der Waals surface area contributed by atoms with E-state index in [2.05, 4.69) is 20.4 Å². The molecule has 9 heteroatoms. The van der Waals surface area contributed by atoms with Crippen LogP contribution >= 0.6 is 0 Å². The van der Waals surface area contributed by atoms with E-state index in [1.54, 1.807) is 37.6 Å². The van der Waals surface area contributed by atoms with Crippen LogP contribution in [-0.4, -0.2) is 37.9 Å². The van der Waals surface area contributed by atoms with Gasteiger partial charge in [-0.15, -0.1) is 0 Å². The number of nitrogens with one attached hydrogen (secondary N) is 2. The van der Waals surface area contributed by atoms with Gasteiger partial charge in [0.05, 0.1) is 37.6 Å². The first-order valence-electron chi connectivity index (χ1n) is 11.7. The van der Waals surface area contributed by atoms with Crippen molar-refractivity contribution in [3.05, 3.63) is 77.6 Å². The zero-order chi connectivity index (χ0) is 26.6. The standard InChI is InChI=1S/C17H16F3NO.C8H10N2O2.C2H6/c18-17(19,20)11-12-3-6-14(7-4-12)21-15-8-5-13-2-1-9-22-16(13)10-15;1-9-7-5-10-4-3-6(7)8(11)12-2;1-2/h3-8,10,21H,1-2,9,11H2;3-5,9H,1-2H3;1-2H3. The second-order valence-electron chi connectivity index (χ2n) is 7.55. The summed E-state index contributed by atoms with van der Waals surface area (Å²) >= 11 is 0. The summed E-state index contributed by atoms with van der Waals surface area (Å²) < 4.78 is 47.1. The fraction of sp³-hybridized carbons (Fsp3) is 0.333. The van der Waals surface area contributed by atoms with Crippen molar-refractivity contribution in [1.29, 1.82) is 0 Å². The first kappa shape index (κ1) is 28.5. The molecule has 2 heterocycles. The fourth-order valence-electron chi connectivity index (χ4n) is 3.40. The number of fused-ring (bicyclic) bond motifs is 1. The van der Waals surface area contributed by atoms with Crippen LogP contribution in [0.4, 0.5) is 30.2 Å². The van der Waals surface area contributed by atoms with Crippen molar-refractivity contribution in [3.63, 3.8) is 0 Å². The van der Waals surface area contributed by atoms with Gasteiger partial charge >= 0.3 is 12.1 Å². The highest BCUT2D eigenvalue weighted by molar-refractivity contribution is 5.95. The van der Waals surface area contributed by atoms with Crippen LogP contribution in [0.2, 0.25) is 0 Å². The van der Waals surface area contributed by atoms with Gasteiger partial charge in [0.25, 0.3) is 0 Å². The highest BCUT2D eigenvalue weighted by Gasteiger charge is 2.27. The molecule has 1 aliphatic rings. The molecule has 0 unspecified atom stereocenters. The minimum Gasteiger partial charge on any atom is -0.493 e. The normalized spacial score (nSPS) is 11.9. The van der Waals surface area contributed by atoms with Crippen LogP contribution in [0, 0.1) is 0 Å². The third-order valence-corrected chi connectivity index (χ3v) is 5.06. The third-order valence-electron chi connectivity index (χ3n) is 5.06. The lowest BCUT2D eigenvalue weighted by Gasteiger charge is -2.18. The average Bonchev–Trinajstić information content (AvgIpc) is 2.90. The molecule has 4 rings (SSSR count). The molecule has 0 amide bonds. The Morgan fingerprint density at radius 2 is 1.78 bits per heavy atom. The van der Waals surface area contributed by atoms with Crippen LogP contribution in [0.25, 0.3) is 0 Å². The molecule has 0 fully saturated rings. The van der Waals surface area contributed by atoms with Crippen molar-refractivity contribution in [1.82, 2.24) is 4.98 Å². The number of rotatable bonds is 5. The van der Waals surface area contributed by atoms with Crippen LogP contribution < -0.4 is 15.4 Å². The second-order valence-corrected chi connectivity index (χ2v) is 7.55. The highest BCUT2D eigenvalue weighted by atomic mass is 19.4. The van der Waals surface area contributed by atoms with Gasteiger partial charge in [-0.2, -0.15) is 13.2 Å². The van der Waals surface area contributed by atoms with Crippen molar-refractivity contribution in [2.75, 3.05) is 31.4 Å². The monoisotopic (exact) mass is 503 g/mol. The van der Waals surface area contributed by atoms with Gasteiger partial charge in [-0.05, 0) is 48.2 Å². The number of nitrogens with zero attached hydrogens (tertiary/aromatic N) is 1. The number of carbonyl (C=O) groups excluding carboxylic acids is 1. The van der Waals surface area contributed by atoms with E-state index in [4.69, 9.17) is 4.74 Å². The molecule has 0 saturated heterocycles. The van der Waals surface area contributed by atoms with Gasteiger partial charge in [0.2, 0.25) is 0 Å². The molecule has 1 aliphatic heterocycles. The van der Waals surface area contributed by atoms with Crippen molar-refractivity contribution >= 4 is 23.0 Å². The number of carbonyl (C=O) groups is 1. The lowest BCUT2D eigenvalue weighted by molar-refractivity contribution is -0.127. The summed E-state index contributed by atoms with van der Waals surface area (Å²) in [5.74, 6) is 0.520. The van der Waals surface area contributed by atoms with Crippen molar-refractivity contribution in [2.24, 2.45) is 0 Å². The SMILES string of the molecule is CC.CNc1cnccc1C(=O)OC.FC(F)(F)Cc1ccc(Nc2ccc3c(c2)OCCC3)cc1. The number of methoxy groups -OCH3 is 1. The van der Waals surface area contributed by atoms with E-state index >= 15 is 0 Å². The van der Waals surface area contributed by atoms with Crippen LogP contribution in [-0.2, 0) is 17.6 Å². The van der Waals surface area contributed by atoms with Gasteiger partial charge in [-0.3, -0.25) is 4.98 Å². The number of aromatic nitrogens is 1. The van der Waals surface area contributed by atoms with Crippen molar-refractivity contribution in [3.8, 4) is 5.75 Å². The Labute approximate surface area is 209 Å². The molecular formula is C27H32F3N3O3. The molecule has 6 nitrogen and oxygen atoms in total. The summed E-state index contributed by atoms with van der Waals surface area (Å²) in [4.78, 5) is 15.0. The molecule has 0 radical (unpaired) electrons. The van der Waals surface area contributed by atoms with Crippen LogP contribution in [0.5, 0.6) is 5.75 Å². The largest absolute Gasteiger partial charge is 0.493 e. The summed E-state index contributed by atoms with van der Waals surface area (Å²) in [6, 6.07) is 13.8. The van der Waals surface area contributed by atoms with E-state index in [9.17, 15) is 18.0 Å². The molecule has 1 aromatic heterocycles. The summed E-state index contributed by atoms with van der Waals surface area (Å²) in [5, 5.41) is 6.03. The van der Waals surface area contributed by atoms with Gasteiger partial charge in [-0.1, -0.05) is 32.0 Å². The molecule has 194 valence electrons. The molecular weight excluding hydrogens is 471 g/mol. The predicted molar refractivity (Wildman–Crippen MR) is 136 cm³/mol. The Morgan fingerprint density at radius 1 is 1.08 bits per heavy atom. The van der Waals surface area contributed by atoms with Gasteiger partial charge in [0.15, 0.2) is 0 Å². The van der Waals surface area contributed by atoms with E-state index in [0.29, 0.717) is 11.3 Å². The maximum atomic E-state index is 12.3. The number of esters is 1. The third kappa shape index (κ3) is 8.79. The molecule has 2 aromatic carbocycles. The van der Waals surface area contributed by atoms with Gasteiger partial charge in [0.1, 0.15) is 5.75 Å². The number of halogens is 3. The molecule has 3 aromatic rings. The summed E-state index contributed by atoms with van der Waals surface area (Å²) in [7, 11) is 3.08. The number of alkyl halides is 3. The maximum absolute atomic E-state index is 12.3. The quantitative estimate of drug-likeness (QED) is 0.373. The molecule has 0 saturated carbocycles. The van der Waals surface area contributed by atoms with Crippen molar-refractivity contribution < 1.29 is 27.4 Å². The Hall–Kier alpha value is -3.75. The Kier molecular flexibility index (Phi) is 11.1.